The van der Waals surface area contributed by atoms with Crippen LogP contribution in [0.1, 0.15) is 110 Å². The van der Waals surface area contributed by atoms with Gasteiger partial charge in [-0.05, 0) is 19.3 Å². The molecular formula is C28H56O16P2. The normalized spacial score (nSPS) is 25.7. The van der Waals surface area contributed by atoms with E-state index in [1.165, 1.54) is 51.4 Å². The van der Waals surface area contributed by atoms with Crippen LogP contribution < -0.4 is 0 Å². The third-order valence-corrected chi connectivity index (χ3v) is 9.18. The number of phosphoric ester groups is 2. The molecule has 0 radical (unpaired) electrons. The van der Waals surface area contributed by atoms with Crippen LogP contribution in [0.2, 0.25) is 0 Å². The van der Waals surface area contributed by atoms with E-state index in [2.05, 4.69) is 11.4 Å². The lowest BCUT2D eigenvalue weighted by atomic mass is 9.85. The van der Waals surface area contributed by atoms with Crippen LogP contribution in [0.15, 0.2) is 0 Å². The van der Waals surface area contributed by atoms with Gasteiger partial charge in [0.15, 0.2) is 0 Å². The van der Waals surface area contributed by atoms with Crippen LogP contribution in [0.25, 0.3) is 0 Å². The van der Waals surface area contributed by atoms with Gasteiger partial charge in [0.1, 0.15) is 49.5 Å². The smallest absolute Gasteiger partial charge is 0.460 e. The Morgan fingerprint density at radius 1 is 0.696 bits per heavy atom. The molecule has 1 saturated carbocycles. The monoisotopic (exact) mass is 710 g/mol. The SMILES string of the molecule is CCCCCCCCCCCCCCCC(=O)O[C@H](CCCOCO)COP(=O)(O)OC1C(O)[C@H](O)C(OP(=O)(O)O)C(O)[C@@H]1O. The van der Waals surface area contributed by atoms with Crippen molar-refractivity contribution in [2.24, 2.45) is 0 Å². The van der Waals surface area contributed by atoms with E-state index >= 15 is 0 Å². The Morgan fingerprint density at radius 2 is 1.15 bits per heavy atom. The zero-order chi connectivity index (χ0) is 34.6. The molecule has 0 saturated heterocycles. The first-order valence-electron chi connectivity index (χ1n) is 16.2. The van der Waals surface area contributed by atoms with Crippen molar-refractivity contribution in [3.63, 3.8) is 0 Å². The predicted octanol–water partition coefficient (Wildman–Crippen LogP) is 2.56. The van der Waals surface area contributed by atoms with Gasteiger partial charge >= 0.3 is 21.6 Å². The molecule has 0 heterocycles. The predicted molar refractivity (Wildman–Crippen MR) is 164 cm³/mol. The number of aliphatic hydroxyl groups excluding tert-OH is 5. The fourth-order valence-corrected chi connectivity index (χ4v) is 6.68. The van der Waals surface area contributed by atoms with Crippen molar-refractivity contribution in [3.8, 4) is 0 Å². The van der Waals surface area contributed by atoms with Crippen molar-refractivity contribution >= 4 is 21.6 Å². The summed E-state index contributed by atoms with van der Waals surface area (Å²) < 4.78 is 48.0. The van der Waals surface area contributed by atoms with E-state index in [9.17, 15) is 39.2 Å². The van der Waals surface area contributed by atoms with Gasteiger partial charge in [-0.3, -0.25) is 18.4 Å². The van der Waals surface area contributed by atoms with Crippen molar-refractivity contribution < 1.29 is 77.2 Å². The van der Waals surface area contributed by atoms with Crippen LogP contribution in [-0.2, 0) is 37.0 Å². The summed E-state index contributed by atoms with van der Waals surface area (Å²) in [4.78, 5) is 40.6. The molecule has 5 unspecified atom stereocenters. The highest BCUT2D eigenvalue weighted by molar-refractivity contribution is 7.47. The second-order valence-corrected chi connectivity index (χ2v) is 14.2. The highest BCUT2D eigenvalue weighted by Gasteiger charge is 2.54. The lowest BCUT2D eigenvalue weighted by Gasteiger charge is -2.43. The molecule has 0 aromatic carbocycles. The van der Waals surface area contributed by atoms with Gasteiger partial charge in [0, 0.05) is 13.0 Å². The van der Waals surface area contributed by atoms with Crippen molar-refractivity contribution in [3.05, 3.63) is 0 Å². The van der Waals surface area contributed by atoms with Crippen molar-refractivity contribution in [1.82, 2.24) is 0 Å². The molecule has 0 aliphatic heterocycles. The first kappa shape index (κ1) is 43.5. The number of carbonyl (C=O) groups excluding carboxylic acids is 1. The van der Waals surface area contributed by atoms with Crippen LogP contribution in [0.4, 0.5) is 0 Å². The second kappa shape index (κ2) is 23.7. The first-order chi connectivity index (χ1) is 21.7. The standard InChI is InChI=1S/C28H56O16P2/c1-2-3-4-5-6-7-8-9-10-11-12-13-14-17-22(30)42-21(16-15-18-40-20-29)19-41-46(38,39)44-28-25(33)23(31)27(24(32)26(28)34)43-45(35,36)37/h21,23-29,31-34H,2-20H2,1H3,(H,38,39)(H2,35,36,37)/t21-,23+,24?,25?,26+,27?,28?/m1/s1. The number of hydrogen-bond donors (Lipinski definition) is 8. The topological polar surface area (TPSA) is 259 Å². The maximum absolute atomic E-state index is 12.6. The lowest BCUT2D eigenvalue weighted by molar-refractivity contribution is -0.216. The van der Waals surface area contributed by atoms with Gasteiger partial charge in [-0.2, -0.15) is 0 Å². The van der Waals surface area contributed by atoms with Crippen LogP contribution in [0, 0.1) is 0 Å². The molecule has 1 aliphatic carbocycles. The van der Waals surface area contributed by atoms with Gasteiger partial charge in [0.05, 0.1) is 6.61 Å². The molecule has 1 fully saturated rings. The fourth-order valence-electron chi connectivity index (χ4n) is 5.14. The number of phosphoric acid groups is 2. The molecule has 1 rings (SSSR count). The van der Waals surface area contributed by atoms with E-state index in [-0.39, 0.29) is 25.9 Å². The molecule has 0 amide bonds. The third-order valence-electron chi connectivity index (χ3n) is 7.67. The summed E-state index contributed by atoms with van der Waals surface area (Å²) in [6, 6.07) is 0. The van der Waals surface area contributed by atoms with Gasteiger partial charge in [-0.1, -0.05) is 84.0 Å². The zero-order valence-electron chi connectivity index (χ0n) is 26.7. The number of unbranched alkanes of at least 4 members (excludes halogenated alkanes) is 12. The maximum Gasteiger partial charge on any atom is 0.472 e. The van der Waals surface area contributed by atoms with E-state index in [0.717, 1.165) is 25.7 Å². The highest BCUT2D eigenvalue weighted by Crippen LogP contribution is 2.48. The Morgan fingerprint density at radius 3 is 1.61 bits per heavy atom. The van der Waals surface area contributed by atoms with Crippen LogP contribution in [0.3, 0.4) is 0 Å². The summed E-state index contributed by atoms with van der Waals surface area (Å²) in [7, 11) is -10.4. The Balaban J connectivity index is 2.51. The van der Waals surface area contributed by atoms with Crippen molar-refractivity contribution in [2.75, 3.05) is 20.0 Å². The van der Waals surface area contributed by atoms with Crippen molar-refractivity contribution in [1.29, 1.82) is 0 Å². The summed E-state index contributed by atoms with van der Waals surface area (Å²) in [6.07, 6.45) is 1.22. The van der Waals surface area contributed by atoms with E-state index < -0.39 is 77.7 Å². The molecule has 0 aromatic heterocycles. The Kier molecular flexibility index (Phi) is 22.4. The molecule has 274 valence electrons. The number of rotatable bonds is 27. The summed E-state index contributed by atoms with van der Waals surface area (Å²) in [5.74, 6) is -0.547. The molecule has 0 spiro atoms. The quantitative estimate of drug-likeness (QED) is 0.0264. The maximum atomic E-state index is 12.6. The number of ether oxygens (including phenoxy) is 2. The molecule has 0 aromatic rings. The Hall–Kier alpha value is -0.550. The molecule has 16 nitrogen and oxygen atoms in total. The third kappa shape index (κ3) is 18.8. The summed E-state index contributed by atoms with van der Waals surface area (Å²) in [6.45, 7) is 1.14. The number of esters is 1. The van der Waals surface area contributed by atoms with Crippen LogP contribution in [0.5, 0.6) is 0 Å². The summed E-state index contributed by atoms with van der Waals surface area (Å²) in [5.41, 5.74) is 0. The van der Waals surface area contributed by atoms with Gasteiger partial charge in [-0.25, -0.2) is 9.13 Å². The van der Waals surface area contributed by atoms with Crippen molar-refractivity contribution in [2.45, 2.75) is 152 Å². The highest BCUT2D eigenvalue weighted by atomic mass is 31.2. The summed E-state index contributed by atoms with van der Waals surface area (Å²) >= 11 is 0. The van der Waals surface area contributed by atoms with E-state index in [0.29, 0.717) is 6.42 Å². The average Bonchev–Trinajstić information content (AvgIpc) is 2.99. The minimum atomic E-state index is -5.27. The average molecular weight is 711 g/mol. The van der Waals surface area contributed by atoms with E-state index in [1.54, 1.807) is 0 Å². The molecule has 1 aliphatic rings. The molecule has 0 bridgehead atoms. The van der Waals surface area contributed by atoms with E-state index in [1.807, 2.05) is 0 Å². The lowest BCUT2D eigenvalue weighted by Crippen LogP contribution is -2.64. The number of carbonyl (C=O) groups is 1. The Bertz CT molecular complexity index is 889. The van der Waals surface area contributed by atoms with E-state index in [4.69, 9.17) is 33.4 Å². The molecule has 8 atom stereocenters. The van der Waals surface area contributed by atoms with Crippen LogP contribution >= 0.6 is 15.6 Å². The summed E-state index contributed by atoms with van der Waals surface area (Å²) in [5, 5.41) is 49.6. The molecule has 46 heavy (non-hydrogen) atoms. The van der Waals surface area contributed by atoms with Gasteiger partial charge in [-0.15, -0.1) is 0 Å². The van der Waals surface area contributed by atoms with Gasteiger partial charge in [0.2, 0.25) is 0 Å². The Labute approximate surface area is 271 Å². The molecular weight excluding hydrogens is 654 g/mol. The largest absolute Gasteiger partial charge is 0.472 e. The molecule has 18 heteroatoms. The van der Waals surface area contributed by atoms with Crippen LogP contribution in [-0.4, -0.2) is 109 Å². The first-order valence-corrected chi connectivity index (χ1v) is 19.2. The minimum absolute atomic E-state index is 0.102. The fraction of sp³-hybridized carbons (Fsp3) is 0.964. The zero-order valence-corrected chi connectivity index (χ0v) is 28.5. The minimum Gasteiger partial charge on any atom is -0.460 e. The van der Waals surface area contributed by atoms with Gasteiger partial charge < -0.3 is 49.7 Å². The number of hydrogen-bond acceptors (Lipinski definition) is 13. The molecule has 8 N–H and O–H groups in total. The number of aliphatic hydroxyl groups is 5. The van der Waals surface area contributed by atoms with Gasteiger partial charge in [0.25, 0.3) is 0 Å². The second-order valence-electron chi connectivity index (χ2n) is 11.6.